The molecule has 0 atom stereocenters. The second-order valence-corrected chi connectivity index (χ2v) is 3.21. The molecule has 1 amide bonds. The van der Waals surface area contributed by atoms with E-state index in [0.717, 1.165) is 17.7 Å². The van der Waals surface area contributed by atoms with E-state index in [1.165, 1.54) is 0 Å². The molecule has 1 rings (SSSR count). The van der Waals surface area contributed by atoms with Crippen molar-refractivity contribution in [3.05, 3.63) is 29.8 Å². The fraction of sp³-hybridized carbons (Fsp3) is 0.273. The summed E-state index contributed by atoms with van der Waals surface area (Å²) < 4.78 is 0. The second-order valence-electron chi connectivity index (χ2n) is 3.21. The molecule has 0 aliphatic heterocycles. The average molecular weight is 207 g/mol. The molecule has 4 nitrogen and oxygen atoms in total. The van der Waals surface area contributed by atoms with E-state index in [-0.39, 0.29) is 6.42 Å². The Morgan fingerprint density at radius 2 is 2.00 bits per heavy atom. The summed E-state index contributed by atoms with van der Waals surface area (Å²) in [7, 11) is 0. The van der Waals surface area contributed by atoms with Crippen LogP contribution in [-0.4, -0.2) is 17.5 Å². The number of anilines is 1. The van der Waals surface area contributed by atoms with Gasteiger partial charge in [0.25, 0.3) is 0 Å². The van der Waals surface area contributed by atoms with Gasteiger partial charge in [-0.25, -0.2) is 0 Å². The van der Waals surface area contributed by atoms with Crippen molar-refractivity contribution in [1.29, 1.82) is 0 Å². The normalized spacial score (nSPS) is 9.60. The van der Waals surface area contributed by atoms with Crippen molar-refractivity contribution in [1.82, 2.24) is 0 Å². The third-order valence-electron chi connectivity index (χ3n) is 2.04. The second kappa shape index (κ2) is 5.80. The van der Waals surface area contributed by atoms with Gasteiger partial charge in [0.15, 0.2) is 0 Å². The Morgan fingerprint density at radius 3 is 2.53 bits per heavy atom. The maximum absolute atomic E-state index is 10.3. The van der Waals surface area contributed by atoms with Gasteiger partial charge < -0.3 is 10.4 Å². The zero-order valence-electron chi connectivity index (χ0n) is 8.27. The van der Waals surface area contributed by atoms with E-state index in [1.54, 1.807) is 12.1 Å². The number of aryl methyl sites for hydroxylation is 1. The van der Waals surface area contributed by atoms with Gasteiger partial charge in [-0.1, -0.05) is 12.1 Å². The average Bonchev–Trinajstić information content (AvgIpc) is 2.20. The van der Waals surface area contributed by atoms with Crippen LogP contribution in [0.25, 0.3) is 0 Å². The van der Waals surface area contributed by atoms with Crippen LogP contribution in [0.5, 0.6) is 0 Å². The lowest BCUT2D eigenvalue weighted by atomic mass is 10.1. The van der Waals surface area contributed by atoms with E-state index in [9.17, 15) is 9.59 Å². The molecule has 0 fully saturated rings. The number of amides is 1. The molecule has 1 aromatic rings. The molecule has 0 spiro atoms. The monoisotopic (exact) mass is 207 g/mol. The third-order valence-corrected chi connectivity index (χ3v) is 2.04. The lowest BCUT2D eigenvalue weighted by Crippen LogP contribution is -1.96. The molecule has 15 heavy (non-hydrogen) atoms. The van der Waals surface area contributed by atoms with Gasteiger partial charge in [-0.05, 0) is 30.5 Å². The minimum atomic E-state index is -0.769. The highest BCUT2D eigenvalue weighted by molar-refractivity contribution is 5.71. The summed E-state index contributed by atoms with van der Waals surface area (Å²) in [4.78, 5) is 20.4. The number of hydrogen-bond acceptors (Lipinski definition) is 2. The van der Waals surface area contributed by atoms with Crippen LogP contribution in [0.15, 0.2) is 24.3 Å². The largest absolute Gasteiger partial charge is 0.481 e. The molecule has 2 N–H and O–H groups in total. The smallest absolute Gasteiger partial charge is 0.303 e. The van der Waals surface area contributed by atoms with Gasteiger partial charge in [-0.3, -0.25) is 9.59 Å². The fourth-order valence-corrected chi connectivity index (χ4v) is 1.28. The Labute approximate surface area is 87.9 Å². The molecule has 0 unspecified atom stereocenters. The highest BCUT2D eigenvalue weighted by Crippen LogP contribution is 2.10. The molecule has 0 aromatic heterocycles. The third kappa shape index (κ3) is 4.26. The predicted molar refractivity (Wildman–Crippen MR) is 56.7 cm³/mol. The van der Waals surface area contributed by atoms with E-state index in [2.05, 4.69) is 5.32 Å². The highest BCUT2D eigenvalue weighted by Gasteiger charge is 1.98. The summed E-state index contributed by atoms with van der Waals surface area (Å²) >= 11 is 0. The van der Waals surface area contributed by atoms with Crippen LogP contribution < -0.4 is 5.32 Å². The SMILES string of the molecule is O=CNc1ccc(CCCC(=O)O)cc1. The summed E-state index contributed by atoms with van der Waals surface area (Å²) in [6.45, 7) is 0. The number of aliphatic carboxylic acids is 1. The number of carbonyl (C=O) groups is 2. The van der Waals surface area contributed by atoms with Crippen LogP contribution in [-0.2, 0) is 16.0 Å². The Hall–Kier alpha value is -1.84. The number of benzene rings is 1. The Bertz CT molecular complexity index is 332. The summed E-state index contributed by atoms with van der Waals surface area (Å²) in [5, 5.41) is 11.0. The topological polar surface area (TPSA) is 66.4 Å². The van der Waals surface area contributed by atoms with Crippen LogP contribution in [0.2, 0.25) is 0 Å². The Morgan fingerprint density at radius 1 is 1.33 bits per heavy atom. The zero-order chi connectivity index (χ0) is 11.1. The molecule has 0 radical (unpaired) electrons. The first kappa shape index (κ1) is 11.2. The molecule has 80 valence electrons. The van der Waals surface area contributed by atoms with Gasteiger partial charge in [0.05, 0.1) is 0 Å². The van der Waals surface area contributed by atoms with E-state index >= 15 is 0 Å². The van der Waals surface area contributed by atoms with E-state index in [0.29, 0.717) is 12.8 Å². The number of carboxylic acid groups (broad SMARTS) is 1. The van der Waals surface area contributed by atoms with Crippen molar-refractivity contribution < 1.29 is 14.7 Å². The van der Waals surface area contributed by atoms with Crippen molar-refractivity contribution in [3.8, 4) is 0 Å². The number of rotatable bonds is 6. The summed E-state index contributed by atoms with van der Waals surface area (Å²) in [5.74, 6) is -0.769. The highest BCUT2D eigenvalue weighted by atomic mass is 16.4. The van der Waals surface area contributed by atoms with E-state index in [1.807, 2.05) is 12.1 Å². The molecule has 0 heterocycles. The van der Waals surface area contributed by atoms with Crippen LogP contribution in [0.4, 0.5) is 5.69 Å². The first-order valence-electron chi connectivity index (χ1n) is 4.73. The lowest BCUT2D eigenvalue weighted by Gasteiger charge is -2.01. The van der Waals surface area contributed by atoms with Gasteiger partial charge in [-0.15, -0.1) is 0 Å². The van der Waals surface area contributed by atoms with Crippen molar-refractivity contribution in [3.63, 3.8) is 0 Å². The molecule has 0 bridgehead atoms. The van der Waals surface area contributed by atoms with Crippen molar-refractivity contribution in [2.75, 3.05) is 5.32 Å². The summed E-state index contributed by atoms with van der Waals surface area (Å²) in [5.41, 5.74) is 1.82. The molecule has 0 saturated heterocycles. The fourth-order valence-electron chi connectivity index (χ4n) is 1.28. The number of carboxylic acids is 1. The van der Waals surface area contributed by atoms with Crippen LogP contribution in [0.1, 0.15) is 18.4 Å². The van der Waals surface area contributed by atoms with Gasteiger partial charge in [0.1, 0.15) is 0 Å². The number of carbonyl (C=O) groups excluding carboxylic acids is 1. The predicted octanol–water partition coefficient (Wildman–Crippen LogP) is 1.66. The molecular formula is C11H13NO3. The number of nitrogens with one attached hydrogen (secondary N) is 1. The van der Waals surface area contributed by atoms with Crippen molar-refractivity contribution in [2.45, 2.75) is 19.3 Å². The van der Waals surface area contributed by atoms with Crippen molar-refractivity contribution in [2.24, 2.45) is 0 Å². The first-order chi connectivity index (χ1) is 7.22. The maximum atomic E-state index is 10.3. The van der Waals surface area contributed by atoms with Crippen molar-refractivity contribution >= 4 is 18.1 Å². The maximum Gasteiger partial charge on any atom is 0.303 e. The van der Waals surface area contributed by atoms with Crippen LogP contribution >= 0.6 is 0 Å². The molecule has 0 aliphatic carbocycles. The molecular weight excluding hydrogens is 194 g/mol. The quantitative estimate of drug-likeness (QED) is 0.697. The minimum absolute atomic E-state index is 0.189. The lowest BCUT2D eigenvalue weighted by molar-refractivity contribution is -0.137. The zero-order valence-corrected chi connectivity index (χ0v) is 8.27. The van der Waals surface area contributed by atoms with Gasteiger partial charge in [0.2, 0.25) is 6.41 Å². The molecule has 1 aromatic carbocycles. The van der Waals surface area contributed by atoms with Gasteiger partial charge >= 0.3 is 5.97 Å². The molecule has 4 heteroatoms. The van der Waals surface area contributed by atoms with E-state index < -0.39 is 5.97 Å². The summed E-state index contributed by atoms with van der Waals surface area (Å²) in [6, 6.07) is 7.36. The number of hydrogen-bond donors (Lipinski definition) is 2. The minimum Gasteiger partial charge on any atom is -0.481 e. The van der Waals surface area contributed by atoms with Gasteiger partial charge in [-0.2, -0.15) is 0 Å². The summed E-state index contributed by atoms with van der Waals surface area (Å²) in [6.07, 6.45) is 2.19. The molecule has 0 aliphatic rings. The standard InChI is InChI=1S/C11H13NO3/c13-8-12-10-6-4-9(5-7-10)2-1-3-11(14)15/h4-8H,1-3H2,(H,12,13)(H,14,15). The molecule has 0 saturated carbocycles. The van der Waals surface area contributed by atoms with E-state index in [4.69, 9.17) is 5.11 Å². The van der Waals surface area contributed by atoms with Crippen LogP contribution in [0, 0.1) is 0 Å². The Kier molecular flexibility index (Phi) is 4.34. The van der Waals surface area contributed by atoms with Gasteiger partial charge in [0, 0.05) is 12.1 Å². The Balaban J connectivity index is 2.42. The first-order valence-corrected chi connectivity index (χ1v) is 4.73. The van der Waals surface area contributed by atoms with Crippen LogP contribution in [0.3, 0.4) is 0 Å².